The Hall–Kier alpha value is -2.59. The first-order chi connectivity index (χ1) is 12.9. The van der Waals surface area contributed by atoms with Gasteiger partial charge in [-0.1, -0.05) is 60.7 Å². The van der Waals surface area contributed by atoms with Crippen LogP contribution in [0.25, 0.3) is 11.1 Å². The summed E-state index contributed by atoms with van der Waals surface area (Å²) in [7, 11) is -4.69. The molecule has 0 aliphatic heterocycles. The first kappa shape index (κ1) is 19.2. The summed E-state index contributed by atoms with van der Waals surface area (Å²) in [6.07, 6.45) is 0.566. The van der Waals surface area contributed by atoms with Gasteiger partial charge in [0.05, 0.1) is 6.61 Å². The van der Waals surface area contributed by atoms with E-state index in [0.717, 1.165) is 16.9 Å². The molecule has 0 heterocycles. The molecule has 0 aromatic heterocycles. The van der Waals surface area contributed by atoms with E-state index < -0.39 is 7.82 Å². The van der Waals surface area contributed by atoms with E-state index in [4.69, 9.17) is 9.26 Å². The molecule has 140 valence electrons. The summed E-state index contributed by atoms with van der Waals surface area (Å²) >= 11 is 0. The van der Waals surface area contributed by atoms with Gasteiger partial charge in [-0.05, 0) is 35.7 Å². The number of aryl methyl sites for hydroxylation is 1. The maximum atomic E-state index is 11.5. The van der Waals surface area contributed by atoms with Crippen molar-refractivity contribution in [3.05, 3.63) is 83.9 Å². The molecule has 3 aromatic rings. The molecule has 0 saturated carbocycles. The molecule has 3 rings (SSSR count). The second-order valence-corrected chi connectivity index (χ2v) is 7.27. The van der Waals surface area contributed by atoms with Gasteiger partial charge in [0.1, 0.15) is 11.5 Å². The van der Waals surface area contributed by atoms with Gasteiger partial charge in [0.15, 0.2) is 0 Å². The van der Waals surface area contributed by atoms with Crippen LogP contribution in [0.15, 0.2) is 72.8 Å². The third-order valence-electron chi connectivity index (χ3n) is 4.10. The van der Waals surface area contributed by atoms with Crippen molar-refractivity contribution in [2.24, 2.45) is 0 Å². The fraction of sp³-hybridized carbons (Fsp3) is 0.143. The monoisotopic (exact) mass is 384 g/mol. The Labute approximate surface area is 158 Å². The van der Waals surface area contributed by atoms with Crippen molar-refractivity contribution in [3.8, 4) is 22.6 Å². The lowest BCUT2D eigenvalue weighted by Crippen LogP contribution is -2.05. The Balaban J connectivity index is 1.95. The van der Waals surface area contributed by atoms with Crippen LogP contribution >= 0.6 is 7.82 Å². The van der Waals surface area contributed by atoms with Gasteiger partial charge in [-0.15, -0.1) is 0 Å². The highest BCUT2D eigenvalue weighted by Gasteiger charge is 2.23. The molecule has 3 aromatic carbocycles. The van der Waals surface area contributed by atoms with Gasteiger partial charge in [0.25, 0.3) is 0 Å². The second-order valence-electron chi connectivity index (χ2n) is 6.11. The molecule has 0 atom stereocenters. The fourth-order valence-electron chi connectivity index (χ4n) is 2.89. The zero-order valence-electron chi connectivity index (χ0n) is 14.9. The predicted molar refractivity (Wildman–Crippen MR) is 105 cm³/mol. The van der Waals surface area contributed by atoms with Crippen LogP contribution in [0.1, 0.15) is 11.1 Å². The minimum absolute atomic E-state index is 0.201. The van der Waals surface area contributed by atoms with E-state index in [1.807, 2.05) is 66.7 Å². The van der Waals surface area contributed by atoms with E-state index in [-0.39, 0.29) is 5.75 Å². The Morgan fingerprint density at radius 2 is 1.52 bits per heavy atom. The van der Waals surface area contributed by atoms with Gasteiger partial charge in [-0.25, -0.2) is 4.57 Å². The standard InChI is InChI=1S/C21H21O5P/c1-16-12-13-18(14-15-25-19-10-6-3-7-11-19)20(17-8-4-2-5-9-17)21(16)26-27(22,23)24/h2-13H,14-15H2,1H3,(H2,22,23,24). The van der Waals surface area contributed by atoms with Crippen LogP contribution in [-0.4, -0.2) is 16.4 Å². The molecule has 0 aliphatic rings. The highest BCUT2D eigenvalue weighted by atomic mass is 31.2. The van der Waals surface area contributed by atoms with Crippen LogP contribution in [0.4, 0.5) is 0 Å². The van der Waals surface area contributed by atoms with Crippen LogP contribution in [0.5, 0.6) is 11.5 Å². The van der Waals surface area contributed by atoms with Crippen LogP contribution in [0, 0.1) is 6.92 Å². The lowest BCUT2D eigenvalue weighted by atomic mass is 9.94. The number of benzene rings is 3. The van der Waals surface area contributed by atoms with E-state index in [9.17, 15) is 14.4 Å². The number of rotatable bonds is 7. The summed E-state index contributed by atoms with van der Waals surface area (Å²) in [5, 5.41) is 0. The largest absolute Gasteiger partial charge is 0.524 e. The molecule has 0 unspecified atom stereocenters. The summed E-state index contributed by atoms with van der Waals surface area (Å²) in [6, 6.07) is 22.7. The summed E-state index contributed by atoms with van der Waals surface area (Å²) < 4.78 is 22.3. The van der Waals surface area contributed by atoms with Crippen molar-refractivity contribution in [3.63, 3.8) is 0 Å². The van der Waals surface area contributed by atoms with Crippen LogP contribution in [-0.2, 0) is 11.0 Å². The maximum absolute atomic E-state index is 11.5. The zero-order valence-corrected chi connectivity index (χ0v) is 15.8. The molecule has 0 radical (unpaired) electrons. The van der Waals surface area contributed by atoms with Crippen molar-refractivity contribution >= 4 is 7.82 Å². The van der Waals surface area contributed by atoms with E-state index >= 15 is 0 Å². The van der Waals surface area contributed by atoms with Gasteiger partial charge in [-0.3, -0.25) is 9.79 Å². The molecule has 2 N–H and O–H groups in total. The summed E-state index contributed by atoms with van der Waals surface area (Å²) in [6.45, 7) is 2.20. The van der Waals surface area contributed by atoms with Gasteiger partial charge in [0.2, 0.25) is 0 Å². The van der Waals surface area contributed by atoms with Crippen LogP contribution in [0.2, 0.25) is 0 Å². The van der Waals surface area contributed by atoms with Gasteiger partial charge < -0.3 is 9.26 Å². The third-order valence-corrected chi connectivity index (χ3v) is 4.52. The lowest BCUT2D eigenvalue weighted by Gasteiger charge is -2.19. The predicted octanol–water partition coefficient (Wildman–Crippen LogP) is 4.76. The van der Waals surface area contributed by atoms with E-state index in [2.05, 4.69) is 0 Å². The molecule has 0 bridgehead atoms. The van der Waals surface area contributed by atoms with Crippen LogP contribution < -0.4 is 9.26 Å². The molecule has 27 heavy (non-hydrogen) atoms. The number of hydrogen-bond donors (Lipinski definition) is 2. The summed E-state index contributed by atoms with van der Waals surface area (Å²) in [4.78, 5) is 18.7. The molecule has 0 saturated heterocycles. The number of phosphoric acid groups is 1. The Morgan fingerprint density at radius 1 is 0.889 bits per heavy atom. The van der Waals surface area contributed by atoms with E-state index in [1.165, 1.54) is 0 Å². The van der Waals surface area contributed by atoms with Gasteiger partial charge in [0, 0.05) is 12.0 Å². The average molecular weight is 384 g/mol. The SMILES string of the molecule is Cc1ccc(CCOc2ccccc2)c(-c2ccccc2)c1OP(=O)(O)O. The van der Waals surface area contributed by atoms with Crippen molar-refractivity contribution in [2.45, 2.75) is 13.3 Å². The minimum atomic E-state index is -4.69. The molecule has 0 aliphatic carbocycles. The Morgan fingerprint density at radius 3 is 2.15 bits per heavy atom. The smallest absolute Gasteiger partial charge is 0.493 e. The average Bonchev–Trinajstić information content (AvgIpc) is 2.65. The van der Waals surface area contributed by atoms with E-state index in [0.29, 0.717) is 24.2 Å². The molecular formula is C21H21O5P. The fourth-order valence-corrected chi connectivity index (χ4v) is 3.36. The lowest BCUT2D eigenvalue weighted by molar-refractivity contribution is 0.283. The minimum Gasteiger partial charge on any atom is -0.493 e. The molecule has 0 fully saturated rings. The Kier molecular flexibility index (Phi) is 5.97. The quantitative estimate of drug-likeness (QED) is 0.575. The molecule has 6 heteroatoms. The van der Waals surface area contributed by atoms with Crippen molar-refractivity contribution in [1.29, 1.82) is 0 Å². The topological polar surface area (TPSA) is 76.0 Å². The number of ether oxygens (including phenoxy) is 1. The molecule has 0 amide bonds. The highest BCUT2D eigenvalue weighted by molar-refractivity contribution is 7.46. The van der Waals surface area contributed by atoms with Crippen molar-refractivity contribution in [1.82, 2.24) is 0 Å². The zero-order chi connectivity index (χ0) is 19.3. The normalized spacial score (nSPS) is 11.2. The molecule has 0 spiro atoms. The summed E-state index contributed by atoms with van der Waals surface area (Å²) in [5.74, 6) is 0.976. The number of hydrogen-bond acceptors (Lipinski definition) is 3. The number of phosphoric ester groups is 1. The molecular weight excluding hydrogens is 363 g/mol. The number of para-hydroxylation sites is 1. The highest BCUT2D eigenvalue weighted by Crippen LogP contribution is 2.45. The molecule has 5 nitrogen and oxygen atoms in total. The maximum Gasteiger partial charge on any atom is 0.524 e. The first-order valence-corrected chi connectivity index (χ1v) is 10.1. The first-order valence-electron chi connectivity index (χ1n) is 8.55. The third kappa shape index (κ3) is 5.20. The van der Waals surface area contributed by atoms with Gasteiger partial charge >= 0.3 is 7.82 Å². The van der Waals surface area contributed by atoms with E-state index in [1.54, 1.807) is 13.0 Å². The second kappa shape index (κ2) is 8.40. The van der Waals surface area contributed by atoms with Crippen LogP contribution in [0.3, 0.4) is 0 Å². The van der Waals surface area contributed by atoms with Crippen molar-refractivity contribution in [2.75, 3.05) is 6.61 Å². The van der Waals surface area contributed by atoms with Gasteiger partial charge in [-0.2, -0.15) is 0 Å². The summed E-state index contributed by atoms with van der Waals surface area (Å²) in [5.41, 5.74) is 3.06. The van der Waals surface area contributed by atoms with Crippen molar-refractivity contribution < 1.29 is 23.6 Å². The Bertz CT molecular complexity index is 936.